The normalized spacial score (nSPS) is 12.5. The van der Waals surface area contributed by atoms with E-state index in [1.165, 1.54) is 6.20 Å². The quantitative estimate of drug-likeness (QED) is 0.732. The molecule has 1 aromatic carbocycles. The number of benzene rings is 1. The molecule has 1 aromatic heterocycles. The molecule has 0 aliphatic heterocycles. The van der Waals surface area contributed by atoms with Crippen LogP contribution in [0.5, 0.6) is 0 Å². The summed E-state index contributed by atoms with van der Waals surface area (Å²) < 4.78 is 38.0. The Morgan fingerprint density at radius 3 is 2.36 bits per heavy atom. The van der Waals surface area contributed by atoms with E-state index in [9.17, 15) is 27.9 Å². The van der Waals surface area contributed by atoms with Crippen LogP contribution < -0.4 is 5.32 Å². The Kier molecular flexibility index (Phi) is 5.78. The van der Waals surface area contributed by atoms with E-state index >= 15 is 0 Å². The number of nitrogens with one attached hydrogen (secondary N) is 1. The van der Waals surface area contributed by atoms with Crippen molar-refractivity contribution in [2.24, 2.45) is 0 Å². The molecule has 1 atom stereocenters. The van der Waals surface area contributed by atoms with Crippen LogP contribution in [-0.2, 0) is 17.4 Å². The van der Waals surface area contributed by atoms with Crippen LogP contribution in [0.25, 0.3) is 0 Å². The molecule has 9 heteroatoms. The van der Waals surface area contributed by atoms with Crippen LogP contribution in [0.1, 0.15) is 21.5 Å². The van der Waals surface area contributed by atoms with Crippen LogP contribution in [0.15, 0.2) is 47.2 Å². The van der Waals surface area contributed by atoms with Gasteiger partial charge in [0, 0.05) is 18.2 Å². The number of halogens is 4. The number of nitrogens with zero attached hydrogens (tertiary/aromatic N) is 1. The number of pyridine rings is 1. The van der Waals surface area contributed by atoms with Crippen molar-refractivity contribution < 1.29 is 27.9 Å². The first-order chi connectivity index (χ1) is 11.7. The first-order valence-electron chi connectivity index (χ1n) is 6.99. The molecule has 0 aliphatic rings. The van der Waals surface area contributed by atoms with Crippen LogP contribution in [-0.4, -0.2) is 28.0 Å². The maximum atomic E-state index is 12.5. The average molecular weight is 417 g/mol. The molecule has 0 saturated carbocycles. The molecule has 25 heavy (non-hydrogen) atoms. The van der Waals surface area contributed by atoms with Crippen LogP contribution >= 0.6 is 15.9 Å². The zero-order valence-corrected chi connectivity index (χ0v) is 14.1. The number of carboxylic acid groups (broad SMARTS) is 1. The van der Waals surface area contributed by atoms with E-state index in [2.05, 4.69) is 26.2 Å². The Bertz CT molecular complexity index is 779. The first kappa shape index (κ1) is 18.9. The fraction of sp³-hybridized carbons (Fsp3) is 0.188. The molecule has 0 radical (unpaired) electrons. The number of hydrogen-bond acceptors (Lipinski definition) is 3. The Morgan fingerprint density at radius 1 is 1.20 bits per heavy atom. The van der Waals surface area contributed by atoms with Crippen molar-refractivity contribution in [2.75, 3.05) is 0 Å². The highest BCUT2D eigenvalue weighted by atomic mass is 79.9. The fourth-order valence-electron chi connectivity index (χ4n) is 2.04. The van der Waals surface area contributed by atoms with Crippen LogP contribution in [0, 0.1) is 0 Å². The monoisotopic (exact) mass is 416 g/mol. The fourth-order valence-corrected chi connectivity index (χ4v) is 2.46. The lowest BCUT2D eigenvalue weighted by molar-refractivity contribution is -0.139. The smallest absolute Gasteiger partial charge is 0.416 e. The molecule has 0 bridgehead atoms. The van der Waals surface area contributed by atoms with E-state index in [1.54, 1.807) is 12.1 Å². The van der Waals surface area contributed by atoms with E-state index < -0.39 is 29.7 Å². The molecule has 2 N–H and O–H groups in total. The number of aliphatic carboxylic acids is 1. The van der Waals surface area contributed by atoms with Crippen LogP contribution in [0.3, 0.4) is 0 Å². The van der Waals surface area contributed by atoms with E-state index in [0.29, 0.717) is 10.2 Å². The highest BCUT2D eigenvalue weighted by Gasteiger charge is 2.30. The van der Waals surface area contributed by atoms with E-state index in [4.69, 9.17) is 0 Å². The number of carbonyl (C=O) groups is 2. The number of alkyl halides is 3. The van der Waals surface area contributed by atoms with Gasteiger partial charge in [-0.05, 0) is 51.8 Å². The summed E-state index contributed by atoms with van der Waals surface area (Å²) in [5.41, 5.74) is -0.384. The summed E-state index contributed by atoms with van der Waals surface area (Å²) in [6, 6.07) is 5.54. The predicted octanol–water partition coefficient (Wildman–Crippen LogP) is 3.29. The minimum Gasteiger partial charge on any atom is -0.480 e. The maximum Gasteiger partial charge on any atom is 0.416 e. The highest BCUT2D eigenvalue weighted by Crippen LogP contribution is 2.29. The Labute approximate surface area is 149 Å². The zero-order valence-electron chi connectivity index (χ0n) is 12.5. The summed E-state index contributed by atoms with van der Waals surface area (Å²) in [5.74, 6) is -2.04. The predicted molar refractivity (Wildman–Crippen MR) is 86.0 cm³/mol. The molecule has 1 heterocycles. The molecule has 0 saturated heterocycles. The second-order valence-electron chi connectivity index (χ2n) is 5.10. The van der Waals surface area contributed by atoms with Gasteiger partial charge < -0.3 is 10.4 Å². The van der Waals surface area contributed by atoms with Gasteiger partial charge in [0.05, 0.1) is 5.56 Å². The third-order valence-electron chi connectivity index (χ3n) is 3.34. The summed E-state index contributed by atoms with van der Waals surface area (Å²) >= 11 is 3.19. The van der Waals surface area contributed by atoms with Crippen molar-refractivity contribution >= 4 is 27.8 Å². The first-order valence-corrected chi connectivity index (χ1v) is 7.78. The number of carbonyl (C=O) groups excluding carboxylic acids is 1. The van der Waals surface area contributed by atoms with Gasteiger partial charge >= 0.3 is 12.1 Å². The summed E-state index contributed by atoms with van der Waals surface area (Å²) in [6.45, 7) is 0. The molecule has 0 unspecified atom stereocenters. The molecule has 1 amide bonds. The largest absolute Gasteiger partial charge is 0.480 e. The van der Waals surface area contributed by atoms with Crippen molar-refractivity contribution in [1.82, 2.24) is 10.3 Å². The number of rotatable bonds is 5. The minimum absolute atomic E-state index is 0.0316. The second-order valence-corrected chi connectivity index (χ2v) is 5.85. The zero-order chi connectivity index (χ0) is 18.6. The van der Waals surface area contributed by atoms with Crippen molar-refractivity contribution in [3.8, 4) is 0 Å². The molecular weight excluding hydrogens is 405 g/mol. The number of hydrogen-bond donors (Lipinski definition) is 2. The second kappa shape index (κ2) is 7.64. The standard InChI is InChI=1S/C16H12BrF3N2O3/c17-13-10(2-1-7-21-13)8-12(15(24)25)22-14(23)9-3-5-11(6-4-9)16(18,19)20/h1-7,12H,8H2,(H,22,23)(H,24,25)/t12-/m1/s1. The topological polar surface area (TPSA) is 79.3 Å². The van der Waals surface area contributed by atoms with Gasteiger partial charge in [0.25, 0.3) is 5.91 Å². The van der Waals surface area contributed by atoms with E-state index in [-0.39, 0.29) is 12.0 Å². The van der Waals surface area contributed by atoms with Gasteiger partial charge in [-0.3, -0.25) is 4.79 Å². The molecule has 0 fully saturated rings. The molecule has 132 valence electrons. The average Bonchev–Trinajstić information content (AvgIpc) is 2.55. The molecular formula is C16H12BrF3N2O3. The number of carboxylic acids is 1. The summed E-state index contributed by atoms with van der Waals surface area (Å²) in [4.78, 5) is 27.4. The third kappa shape index (κ3) is 5.02. The highest BCUT2D eigenvalue weighted by molar-refractivity contribution is 9.10. The van der Waals surface area contributed by atoms with Crippen LogP contribution in [0.2, 0.25) is 0 Å². The van der Waals surface area contributed by atoms with Gasteiger partial charge in [0.15, 0.2) is 0 Å². The SMILES string of the molecule is O=C(N[C@H](Cc1cccnc1Br)C(=O)O)c1ccc(C(F)(F)F)cc1. The maximum absolute atomic E-state index is 12.5. The number of aromatic nitrogens is 1. The van der Waals surface area contributed by atoms with Crippen molar-refractivity contribution in [3.05, 3.63) is 63.9 Å². The van der Waals surface area contributed by atoms with Gasteiger partial charge in [-0.2, -0.15) is 13.2 Å². The summed E-state index contributed by atoms with van der Waals surface area (Å²) in [6.07, 6.45) is -3.02. The van der Waals surface area contributed by atoms with Gasteiger partial charge in [-0.15, -0.1) is 0 Å². The van der Waals surface area contributed by atoms with Gasteiger partial charge in [0.1, 0.15) is 10.6 Å². The molecule has 0 spiro atoms. The van der Waals surface area contributed by atoms with E-state index in [0.717, 1.165) is 24.3 Å². The molecule has 2 rings (SSSR count). The summed E-state index contributed by atoms with van der Waals surface area (Å²) in [5, 5.41) is 11.6. The minimum atomic E-state index is -4.51. The van der Waals surface area contributed by atoms with E-state index in [1.807, 2.05) is 0 Å². The molecule has 5 nitrogen and oxygen atoms in total. The lowest BCUT2D eigenvalue weighted by Crippen LogP contribution is -2.42. The van der Waals surface area contributed by atoms with Gasteiger partial charge in [-0.25, -0.2) is 9.78 Å². The van der Waals surface area contributed by atoms with Crippen molar-refractivity contribution in [2.45, 2.75) is 18.6 Å². The Morgan fingerprint density at radius 2 is 1.84 bits per heavy atom. The van der Waals surface area contributed by atoms with Crippen molar-refractivity contribution in [1.29, 1.82) is 0 Å². The van der Waals surface area contributed by atoms with Gasteiger partial charge in [-0.1, -0.05) is 6.07 Å². The Hall–Kier alpha value is -2.42. The van der Waals surface area contributed by atoms with Crippen molar-refractivity contribution in [3.63, 3.8) is 0 Å². The van der Waals surface area contributed by atoms with Gasteiger partial charge in [0.2, 0.25) is 0 Å². The molecule has 2 aromatic rings. The lowest BCUT2D eigenvalue weighted by atomic mass is 10.1. The third-order valence-corrected chi connectivity index (χ3v) is 4.05. The van der Waals surface area contributed by atoms with Crippen LogP contribution in [0.4, 0.5) is 13.2 Å². The summed E-state index contributed by atoms with van der Waals surface area (Å²) in [7, 11) is 0. The molecule has 0 aliphatic carbocycles. The lowest BCUT2D eigenvalue weighted by Gasteiger charge is -2.15. The number of amides is 1. The Balaban J connectivity index is 2.13.